The summed E-state index contributed by atoms with van der Waals surface area (Å²) in [5, 5.41) is 27.2. The summed E-state index contributed by atoms with van der Waals surface area (Å²) in [6.07, 6.45) is 1.13. The summed E-state index contributed by atoms with van der Waals surface area (Å²) in [5.41, 5.74) is 7.37. The molecular formula is C19H28N5O5+. The van der Waals surface area contributed by atoms with Crippen LogP contribution in [-0.4, -0.2) is 52.7 Å². The van der Waals surface area contributed by atoms with Crippen molar-refractivity contribution in [3.8, 4) is 0 Å². The van der Waals surface area contributed by atoms with Crippen LogP contribution in [0.3, 0.4) is 0 Å². The molecule has 10 heteroatoms. The molecule has 0 aromatic heterocycles. The number of rotatable bonds is 13. The molecule has 1 aromatic rings. The summed E-state index contributed by atoms with van der Waals surface area (Å²) in [5.74, 6) is -2.36. The highest BCUT2D eigenvalue weighted by Crippen LogP contribution is 2.06. The number of carboxylic acid groups (broad SMARTS) is 1. The van der Waals surface area contributed by atoms with Crippen molar-refractivity contribution in [1.29, 1.82) is 5.53 Å². The number of aliphatic carboxylic acids is 1. The first-order valence-electron chi connectivity index (χ1n) is 9.43. The minimum absolute atomic E-state index is 0.189. The Bertz CT molecular complexity index is 719. The van der Waals surface area contributed by atoms with Crippen LogP contribution in [0, 0.1) is 5.53 Å². The van der Waals surface area contributed by atoms with E-state index in [1.54, 1.807) is 24.3 Å². The fourth-order valence-corrected chi connectivity index (χ4v) is 2.66. The molecule has 0 saturated heterocycles. The largest absolute Gasteiger partial charge is 0.480 e. The molecule has 0 aliphatic carbocycles. The van der Waals surface area contributed by atoms with Crippen molar-refractivity contribution in [3.63, 3.8) is 0 Å². The highest BCUT2D eigenvalue weighted by atomic mass is 16.4. The molecule has 10 nitrogen and oxygen atoms in total. The number of carbonyl (C=O) groups is 3. The summed E-state index contributed by atoms with van der Waals surface area (Å²) >= 11 is 0. The molecule has 1 rings (SSSR count). The van der Waals surface area contributed by atoms with E-state index >= 15 is 0 Å². The van der Waals surface area contributed by atoms with Crippen molar-refractivity contribution in [2.45, 2.75) is 57.2 Å². The van der Waals surface area contributed by atoms with Crippen molar-refractivity contribution in [1.82, 2.24) is 15.5 Å². The van der Waals surface area contributed by atoms with E-state index in [9.17, 15) is 19.5 Å². The fourth-order valence-electron chi connectivity index (χ4n) is 2.66. The Kier molecular flexibility index (Phi) is 10.8. The van der Waals surface area contributed by atoms with Gasteiger partial charge in [-0.15, -0.1) is 0 Å². The normalized spacial score (nSPS) is 13.4. The number of unbranched alkanes of at least 4 members (excludes halogenated alkanes) is 2. The van der Waals surface area contributed by atoms with Gasteiger partial charge in [-0.3, -0.25) is 9.59 Å². The van der Waals surface area contributed by atoms with Gasteiger partial charge in [0.05, 0.1) is 6.10 Å². The van der Waals surface area contributed by atoms with Crippen LogP contribution in [0.1, 0.15) is 38.2 Å². The molecule has 0 saturated carbocycles. The average Bonchev–Trinajstić information content (AvgIpc) is 2.68. The zero-order chi connectivity index (χ0) is 21.6. The molecule has 0 bridgehead atoms. The first-order chi connectivity index (χ1) is 13.8. The van der Waals surface area contributed by atoms with Crippen molar-refractivity contribution in [3.05, 3.63) is 35.9 Å². The van der Waals surface area contributed by atoms with Gasteiger partial charge < -0.3 is 20.8 Å². The van der Waals surface area contributed by atoms with E-state index in [2.05, 4.69) is 20.7 Å². The van der Waals surface area contributed by atoms with Crippen molar-refractivity contribution < 1.29 is 24.6 Å². The first-order valence-corrected chi connectivity index (χ1v) is 9.43. The molecule has 29 heavy (non-hydrogen) atoms. The van der Waals surface area contributed by atoms with Gasteiger partial charge in [0.1, 0.15) is 23.2 Å². The van der Waals surface area contributed by atoms with E-state index in [0.29, 0.717) is 19.4 Å². The maximum Gasteiger partial charge on any atom is 0.328 e. The van der Waals surface area contributed by atoms with Gasteiger partial charge in [0.15, 0.2) is 6.04 Å². The number of hydrogen-bond donors (Lipinski definition) is 5. The van der Waals surface area contributed by atoms with Crippen molar-refractivity contribution in [2.75, 3.05) is 6.54 Å². The van der Waals surface area contributed by atoms with E-state index in [1.165, 1.54) is 6.92 Å². The monoisotopic (exact) mass is 406 g/mol. The van der Waals surface area contributed by atoms with Crippen LogP contribution >= 0.6 is 0 Å². The molecule has 5 N–H and O–H groups in total. The van der Waals surface area contributed by atoms with Crippen molar-refractivity contribution >= 4 is 17.8 Å². The van der Waals surface area contributed by atoms with Gasteiger partial charge in [0, 0.05) is 12.8 Å². The number of aliphatic hydroxyl groups excluding tert-OH is 1. The van der Waals surface area contributed by atoms with Crippen LogP contribution in [0.15, 0.2) is 35.4 Å². The predicted molar refractivity (Wildman–Crippen MR) is 104 cm³/mol. The standard InChI is InChI=1S/C19H27N5O5/c1-13(25)17(19(28)29)23-18(27)15(12-14-8-4-2-5-9-14)22-16(26)10-6-3-7-11-21-24-20/h2,4-5,8-9,13,15,17,20,25H,3,6-7,10-12H2,1H3,(H2-,22,23,26,27,28,29)/p+1/t13-,15+,17+/m1/s1. The summed E-state index contributed by atoms with van der Waals surface area (Å²) < 4.78 is 0. The Morgan fingerprint density at radius 2 is 1.83 bits per heavy atom. The van der Waals surface area contributed by atoms with E-state index in [-0.39, 0.29) is 18.7 Å². The smallest absolute Gasteiger partial charge is 0.328 e. The molecule has 158 valence electrons. The Morgan fingerprint density at radius 1 is 1.14 bits per heavy atom. The lowest BCUT2D eigenvalue weighted by Gasteiger charge is -2.23. The van der Waals surface area contributed by atoms with Gasteiger partial charge in [-0.05, 0) is 25.3 Å². The lowest BCUT2D eigenvalue weighted by molar-refractivity contribution is -0.145. The van der Waals surface area contributed by atoms with Crippen LogP contribution in [0.4, 0.5) is 0 Å². The zero-order valence-corrected chi connectivity index (χ0v) is 16.4. The summed E-state index contributed by atoms with van der Waals surface area (Å²) in [6, 6.07) is 6.59. The summed E-state index contributed by atoms with van der Waals surface area (Å²) in [4.78, 5) is 39.0. The minimum Gasteiger partial charge on any atom is -0.480 e. The lowest BCUT2D eigenvalue weighted by Crippen LogP contribution is -2.55. The SMILES string of the molecule is C[C@@H](O)[C@H](NC(=O)[C@H](Cc1ccccc1)NC(=O)CCCCCN=[N+]=N)C(=O)O. The lowest BCUT2D eigenvalue weighted by atomic mass is 10.0. The third kappa shape index (κ3) is 9.59. The molecule has 0 radical (unpaired) electrons. The van der Waals surface area contributed by atoms with Crippen LogP contribution < -0.4 is 15.5 Å². The molecule has 0 spiro atoms. The molecule has 0 aliphatic heterocycles. The van der Waals surface area contributed by atoms with Gasteiger partial charge in [-0.25, -0.2) is 4.79 Å². The number of carbonyl (C=O) groups excluding carboxylic acids is 2. The topological polar surface area (TPSA) is 166 Å². The Hall–Kier alpha value is -3.10. The van der Waals surface area contributed by atoms with E-state index in [0.717, 1.165) is 12.0 Å². The second-order valence-electron chi connectivity index (χ2n) is 6.65. The highest BCUT2D eigenvalue weighted by molar-refractivity contribution is 5.90. The molecule has 3 atom stereocenters. The molecule has 1 aromatic carbocycles. The highest BCUT2D eigenvalue weighted by Gasteiger charge is 2.29. The second-order valence-corrected chi connectivity index (χ2v) is 6.65. The third-order valence-electron chi connectivity index (χ3n) is 4.21. The summed E-state index contributed by atoms with van der Waals surface area (Å²) in [7, 11) is 0. The van der Waals surface area contributed by atoms with Crippen LogP contribution in [0.2, 0.25) is 0 Å². The number of carboxylic acids is 1. The Balaban J connectivity index is 2.72. The van der Waals surface area contributed by atoms with Gasteiger partial charge in [0.25, 0.3) is 0 Å². The molecule has 0 fully saturated rings. The van der Waals surface area contributed by atoms with Gasteiger partial charge in [-0.2, -0.15) is 0 Å². The fraction of sp³-hybridized carbons (Fsp3) is 0.526. The molecule has 0 unspecified atom stereocenters. The van der Waals surface area contributed by atoms with E-state index < -0.39 is 30.1 Å². The van der Waals surface area contributed by atoms with Crippen LogP contribution in [0.5, 0.6) is 0 Å². The maximum absolute atomic E-state index is 12.6. The van der Waals surface area contributed by atoms with Gasteiger partial charge >= 0.3 is 5.97 Å². The quantitative estimate of drug-likeness (QED) is 0.185. The number of hydrogen-bond acceptors (Lipinski definition) is 6. The maximum atomic E-state index is 12.6. The molecule has 0 heterocycles. The number of amides is 2. The number of nitrogens with zero attached hydrogens (tertiary/aromatic N) is 2. The third-order valence-corrected chi connectivity index (χ3v) is 4.21. The van der Waals surface area contributed by atoms with Gasteiger partial charge in [0.2, 0.25) is 16.7 Å². The minimum atomic E-state index is -1.47. The van der Waals surface area contributed by atoms with Crippen molar-refractivity contribution in [2.24, 2.45) is 5.11 Å². The van der Waals surface area contributed by atoms with E-state index in [1.807, 2.05) is 6.07 Å². The Labute approximate surface area is 168 Å². The number of benzene rings is 1. The summed E-state index contributed by atoms with van der Waals surface area (Å²) in [6.45, 7) is 1.70. The van der Waals surface area contributed by atoms with Crippen LogP contribution in [-0.2, 0) is 20.8 Å². The number of aliphatic hydroxyl groups is 1. The van der Waals surface area contributed by atoms with Crippen LogP contribution in [0.25, 0.3) is 0 Å². The zero-order valence-electron chi connectivity index (χ0n) is 16.4. The molecular weight excluding hydrogens is 378 g/mol. The molecule has 2 amide bonds. The first kappa shape index (κ1) is 23.9. The Morgan fingerprint density at radius 3 is 2.41 bits per heavy atom. The molecule has 0 aliphatic rings. The predicted octanol–water partition coefficient (Wildman–Crippen LogP) is 0.775. The van der Waals surface area contributed by atoms with E-state index in [4.69, 9.17) is 10.6 Å². The second kappa shape index (κ2) is 13.1. The average molecular weight is 406 g/mol. The number of nitrogens with one attached hydrogen (secondary N) is 3. The van der Waals surface area contributed by atoms with Gasteiger partial charge in [-0.1, -0.05) is 36.8 Å².